The van der Waals surface area contributed by atoms with E-state index in [1.165, 1.54) is 20.2 Å². The van der Waals surface area contributed by atoms with Crippen LogP contribution in [0.1, 0.15) is 185 Å². The normalized spacial score (nSPS) is 15.6. The van der Waals surface area contributed by atoms with Crippen LogP contribution in [-0.2, 0) is 38.2 Å². The molecule has 0 spiro atoms. The van der Waals surface area contributed by atoms with Crippen molar-refractivity contribution >= 4 is 204 Å². The summed E-state index contributed by atoms with van der Waals surface area (Å²) in [7, 11) is 4.63. The largest absolute Gasteiger partial charge is 0.497 e. The van der Waals surface area contributed by atoms with Crippen molar-refractivity contribution < 1.29 is 81.9 Å². The number of hydrogen-bond acceptors (Lipinski definition) is 22. The molecule has 4 heterocycles. The number of aldehydes is 1. The molecule has 1 saturated heterocycles. The Labute approximate surface area is 804 Å². The number of likely N-dealkylation sites (tertiary alicyclic amines) is 1. The molecule has 1 aliphatic heterocycles. The van der Waals surface area contributed by atoms with E-state index in [-0.39, 0.29) is 79.8 Å². The predicted molar refractivity (Wildman–Crippen MR) is 501 cm³/mol. The fourth-order valence-corrected chi connectivity index (χ4v) is 17.9. The zero-order valence-corrected chi connectivity index (χ0v) is 80.5. The molecule has 7 aromatic carbocycles. The van der Waals surface area contributed by atoms with Gasteiger partial charge in [-0.15, -0.1) is 11.6 Å². The number of aliphatic hydroxyl groups excluding tert-OH is 2. The Morgan fingerprint density at radius 2 is 0.953 bits per heavy atom. The number of rotatable bonds is 21. The van der Waals surface area contributed by atoms with Gasteiger partial charge in [0.2, 0.25) is 0 Å². The first-order chi connectivity index (χ1) is 60.2. The standard InChI is InChI=1S/C16H15Cl2NO4.C14H12Cl3NO2.C14H13Cl2NO3.C14H17NO3.C8H6Cl3NO.C8H7Cl2NO.C8H6Cl2O.C7H10O2.CH3/c1-3-22-16(20)13-14(19-23-15(13)8-4-5-8)12-10(17)6-9(21-2)7-11(12)18;1-19-8-4-10(16)12(11(17)5-8)13-9(6-15)14(20-18-13)7-2-3-7;1-19-8-4-10(15)12(11(16)5-8)13-9(6-18)14(20-17-13)7-2-3-7;16-13-7-12-6-11(13)8-15(12)14(17)18-9-10-4-2-1-3-5-10;1-4-2-5(9)7(6(10)3-4)8(11)12-13;1-5-2-7(9)6(4-11-12)8(10)3-5;1-5-2-7(9)6(4-11)8(10)3-5;1-5(8)4-7(9)6-2-3-6;/h6-8H,3-5H2,1-2H3;4-5,7H,2-3,6H2,1H3;4-5,7,18H,2-3,6H2,1H3;1-5,11-13,16H,6-9H2;2-3,13H,1H3;2-4,12H,1H3;2-4H,1H3;6H,2-4H2,1H3;1H3/q;;;;;;;;-1/b;;;;12-8-;11-4+;;;/t;;;11-,12-,13+;;;;;/m...0...../s1. The minimum Gasteiger partial charge on any atom is -0.497 e. The highest BCUT2D eigenvalue weighted by Gasteiger charge is 2.47. The summed E-state index contributed by atoms with van der Waals surface area (Å²) in [6.45, 7) is 9.88. The average Bonchev–Trinajstić information content (AvgIpc) is 1.61. The van der Waals surface area contributed by atoms with Gasteiger partial charge in [-0.1, -0.05) is 207 Å². The molecule has 127 heavy (non-hydrogen) atoms. The van der Waals surface area contributed by atoms with Crippen molar-refractivity contribution in [2.24, 2.45) is 22.1 Å². The van der Waals surface area contributed by atoms with Gasteiger partial charge in [0, 0.05) is 75.6 Å². The van der Waals surface area contributed by atoms with Crippen molar-refractivity contribution in [1.29, 1.82) is 0 Å². The molecule has 16 rings (SSSR count). The number of aliphatic hydroxyl groups is 2. The van der Waals surface area contributed by atoms with Crippen molar-refractivity contribution in [3.63, 3.8) is 0 Å². The zero-order chi connectivity index (χ0) is 92.1. The maximum Gasteiger partial charge on any atom is 0.410 e. The van der Waals surface area contributed by atoms with E-state index in [1.807, 2.05) is 51.1 Å². The van der Waals surface area contributed by atoms with Crippen LogP contribution in [-0.4, -0.2) is 129 Å². The summed E-state index contributed by atoms with van der Waals surface area (Å²) in [5.74, 6) is 5.29. The van der Waals surface area contributed by atoms with Crippen molar-refractivity contribution in [2.45, 2.75) is 154 Å². The average molecular weight is 2020 g/mol. The van der Waals surface area contributed by atoms with Crippen LogP contribution >= 0.6 is 162 Å². The lowest BCUT2D eigenvalue weighted by molar-refractivity contribution is -0.126. The third-order valence-corrected chi connectivity index (χ3v) is 24.2. The second-order valence-corrected chi connectivity index (χ2v) is 35.2. The van der Waals surface area contributed by atoms with Crippen LogP contribution in [0, 0.1) is 40.0 Å². The number of ether oxygens (including phenoxy) is 5. The third-order valence-electron chi connectivity index (χ3n) is 20.1. The molecule has 3 aromatic heterocycles. The summed E-state index contributed by atoms with van der Waals surface area (Å²) < 4.78 is 42.1. The van der Waals surface area contributed by atoms with E-state index < -0.39 is 5.97 Å². The predicted octanol–water partition coefficient (Wildman–Crippen LogP) is 27.1. The van der Waals surface area contributed by atoms with Gasteiger partial charge in [-0.25, -0.2) is 9.59 Å². The number of carbonyl (C=O) groups is 5. The Kier molecular flexibility index (Phi) is 40.8. The van der Waals surface area contributed by atoms with E-state index in [4.69, 9.17) is 210 Å². The van der Waals surface area contributed by atoms with Gasteiger partial charge in [0.25, 0.3) is 0 Å². The Morgan fingerprint density at radius 3 is 1.32 bits per heavy atom. The lowest BCUT2D eigenvalue weighted by Crippen LogP contribution is -2.41. The molecule has 5 saturated carbocycles. The maximum atomic E-state index is 12.4. The van der Waals surface area contributed by atoms with Gasteiger partial charge in [0.05, 0.1) is 131 Å². The van der Waals surface area contributed by atoms with Crippen molar-refractivity contribution in [3.05, 3.63) is 244 Å². The van der Waals surface area contributed by atoms with Crippen LogP contribution in [0.5, 0.6) is 17.2 Å². The van der Waals surface area contributed by atoms with Crippen molar-refractivity contribution in [2.75, 3.05) is 34.5 Å². The number of piperidine rings is 1. The van der Waals surface area contributed by atoms with E-state index >= 15 is 0 Å². The van der Waals surface area contributed by atoms with Crippen molar-refractivity contribution in [1.82, 2.24) is 20.4 Å². The highest BCUT2D eigenvalue weighted by atomic mass is 35.5. The quantitative estimate of drug-likeness (QED) is 0.00759. The van der Waals surface area contributed by atoms with E-state index in [0.29, 0.717) is 188 Å². The monoisotopic (exact) mass is 2020 g/mol. The Bertz CT molecular complexity index is 5320. The smallest absolute Gasteiger partial charge is 0.410 e. The first-order valence-corrected chi connectivity index (χ1v) is 44.6. The molecule has 6 aliphatic rings. The van der Waals surface area contributed by atoms with Gasteiger partial charge in [0.1, 0.15) is 69.6 Å². The van der Waals surface area contributed by atoms with E-state index in [0.717, 1.165) is 97.1 Å². The van der Waals surface area contributed by atoms with Gasteiger partial charge in [-0.05, 0) is 194 Å². The molecule has 680 valence electrons. The number of Topliss-reactive ketones (excluding diaryl/α,β-unsaturated/α-hetero) is 2. The summed E-state index contributed by atoms with van der Waals surface area (Å²) in [5.41, 5.74) is 10.0. The second kappa shape index (κ2) is 49.5. The number of benzene rings is 7. The van der Waals surface area contributed by atoms with Crippen LogP contribution in [0.2, 0.25) is 60.3 Å². The number of amides is 1. The molecule has 6 fully saturated rings. The summed E-state index contributed by atoms with van der Waals surface area (Å²) in [6.07, 6.45) is 11.5. The molecular weight excluding hydrogens is 1930 g/mol. The van der Waals surface area contributed by atoms with Crippen LogP contribution in [0.3, 0.4) is 0 Å². The molecule has 37 heteroatoms. The maximum absolute atomic E-state index is 12.4. The second-order valence-electron chi connectivity index (χ2n) is 29.7. The number of methoxy groups -OCH3 is 3. The fourth-order valence-electron chi connectivity index (χ4n) is 13.2. The highest BCUT2D eigenvalue weighted by molar-refractivity contribution is 6.71. The number of hydrogen-bond donors (Lipinski definition) is 4. The summed E-state index contributed by atoms with van der Waals surface area (Å²) in [4.78, 5) is 57.6. The van der Waals surface area contributed by atoms with Crippen LogP contribution in [0.15, 0.2) is 127 Å². The third kappa shape index (κ3) is 28.6. The van der Waals surface area contributed by atoms with Gasteiger partial charge in [-0.2, -0.15) is 0 Å². The zero-order valence-electron chi connectivity index (χ0n) is 69.9. The van der Waals surface area contributed by atoms with E-state index in [2.05, 4.69) is 25.8 Å². The summed E-state index contributed by atoms with van der Waals surface area (Å²) >= 11 is 84.1. The molecule has 0 unspecified atom stereocenters. The molecule has 4 N–H and O–H groups in total. The molecule has 3 atom stereocenters. The summed E-state index contributed by atoms with van der Waals surface area (Å²) in [5, 5.41) is 58.7. The lowest BCUT2D eigenvalue weighted by atomic mass is 10.0. The van der Waals surface area contributed by atoms with Gasteiger partial charge in [-0.3, -0.25) is 14.4 Å². The number of alkyl halides is 1. The number of aryl methyl sites for hydroxylation is 3. The number of esters is 1. The Morgan fingerprint density at radius 1 is 0.543 bits per heavy atom. The molecule has 23 nitrogen and oxygen atoms in total. The lowest BCUT2D eigenvalue weighted by Gasteiger charge is -2.28. The SMILES string of the molecule is CC(=O)CC(=O)C1CC1.CCOC(=O)c1c(-c2c(Cl)cc(OC)cc2Cl)noc1C1CC1.COc1cc(Cl)c(-c2noc(C3CC3)c2CCl)c(Cl)c1.COc1cc(Cl)c(-c2noc(C3CC3)c2CO)c(Cl)c1.Cc1cc(Cl)c(/C(Cl)=N/O)c(Cl)c1.Cc1cc(Cl)c(/C=N/O)c(Cl)c1.Cc1cc(Cl)c(C=O)c(Cl)c1.O=C(OCc1ccccc1)N1C[C@@H]2C[C@H]1C[C@H]2O.[CH3-]. The number of ketones is 2. The Hall–Kier alpha value is -7.76. The molecule has 1 amide bonds. The van der Waals surface area contributed by atoms with Crippen LogP contribution in [0.4, 0.5) is 4.79 Å². The number of carbonyl (C=O) groups excluding carboxylic acids is 5. The van der Waals surface area contributed by atoms with E-state index in [1.54, 1.807) is 98.8 Å². The topological polar surface area (TPSA) is 318 Å². The van der Waals surface area contributed by atoms with Crippen LogP contribution in [0.25, 0.3) is 33.8 Å². The fraction of sp³-hybridized carbons (Fsp3) is 0.344. The number of aromatic nitrogens is 3. The van der Waals surface area contributed by atoms with Gasteiger partial charge >= 0.3 is 12.1 Å². The first kappa shape index (κ1) is 105. The first-order valence-electron chi connectivity index (χ1n) is 39.1. The molecule has 0 radical (unpaired) electrons. The molecule has 5 aliphatic carbocycles. The molecule has 10 aromatic rings. The molecular formula is C90H89Cl14N6O17-. The van der Waals surface area contributed by atoms with Gasteiger partial charge in [0.15, 0.2) is 17.2 Å². The number of oxime groups is 2. The van der Waals surface area contributed by atoms with E-state index in [9.17, 15) is 34.2 Å². The molecule has 2 bridgehead atoms. The minimum atomic E-state index is -0.478. The number of fused-ring (bicyclic) bond motifs is 2. The Balaban J connectivity index is 0.000000182. The van der Waals surface area contributed by atoms with Crippen LogP contribution < -0.4 is 14.2 Å². The minimum absolute atomic E-state index is 0. The highest BCUT2D eigenvalue weighted by Crippen LogP contribution is 2.51. The summed E-state index contributed by atoms with van der Waals surface area (Å²) in [6, 6.07) is 30.1. The number of halogens is 14. The van der Waals surface area contributed by atoms with Gasteiger partial charge < -0.3 is 70.2 Å². The number of nitrogens with zero attached hydrogens (tertiary/aromatic N) is 6. The van der Waals surface area contributed by atoms with Crippen molar-refractivity contribution in [3.8, 4) is 51.0 Å².